The van der Waals surface area contributed by atoms with Gasteiger partial charge in [-0.1, -0.05) is 329 Å². The van der Waals surface area contributed by atoms with Crippen LogP contribution < -0.4 is 0 Å². The summed E-state index contributed by atoms with van der Waals surface area (Å²) in [6, 6.07) is 0. The van der Waals surface area contributed by atoms with Crippen molar-refractivity contribution in [2.45, 2.75) is 374 Å². The van der Waals surface area contributed by atoms with Gasteiger partial charge < -0.3 is 14.2 Å². The molecule has 70 heavy (non-hydrogen) atoms. The smallest absolute Gasteiger partial charge is 0.306 e. The van der Waals surface area contributed by atoms with Crippen LogP contribution in [0.5, 0.6) is 0 Å². The molecule has 0 saturated heterocycles. The predicted octanol–water partition coefficient (Wildman–Crippen LogP) is 21.4. The lowest BCUT2D eigenvalue weighted by Gasteiger charge is -2.18. The summed E-state index contributed by atoms with van der Waals surface area (Å²) < 4.78 is 17.0. The van der Waals surface area contributed by atoms with E-state index >= 15 is 0 Å². The van der Waals surface area contributed by atoms with Gasteiger partial charge in [0.15, 0.2) is 6.10 Å². The maximum Gasteiger partial charge on any atom is 0.306 e. The zero-order valence-corrected chi connectivity index (χ0v) is 48.0. The van der Waals surface area contributed by atoms with Gasteiger partial charge >= 0.3 is 17.9 Å². The third-order valence-electron chi connectivity index (χ3n) is 14.8. The number of ether oxygens (including phenoxy) is 3. The maximum absolute atomic E-state index is 12.9. The van der Waals surface area contributed by atoms with Crippen molar-refractivity contribution in [3.8, 4) is 0 Å². The molecule has 0 rings (SSSR count). The third-order valence-corrected chi connectivity index (χ3v) is 14.8. The van der Waals surface area contributed by atoms with Gasteiger partial charge in [0.1, 0.15) is 13.2 Å². The number of carbonyl (C=O) groups excluding carboxylic acids is 3. The van der Waals surface area contributed by atoms with Crippen LogP contribution in [0.1, 0.15) is 368 Å². The number of hydrogen-bond donors (Lipinski definition) is 0. The molecule has 0 fully saturated rings. The van der Waals surface area contributed by atoms with Crippen LogP contribution in [0.25, 0.3) is 0 Å². The molecule has 0 unspecified atom stereocenters. The van der Waals surface area contributed by atoms with Gasteiger partial charge in [-0.3, -0.25) is 14.4 Å². The van der Waals surface area contributed by atoms with Crippen LogP contribution in [0.15, 0.2) is 0 Å². The first-order valence-corrected chi connectivity index (χ1v) is 31.9. The fourth-order valence-electron chi connectivity index (χ4n) is 9.99. The number of rotatable bonds is 59. The molecule has 0 radical (unpaired) electrons. The predicted molar refractivity (Wildman–Crippen MR) is 303 cm³/mol. The van der Waals surface area contributed by atoms with Crippen LogP contribution in [0.2, 0.25) is 0 Å². The lowest BCUT2D eigenvalue weighted by atomic mass is 10.0. The van der Waals surface area contributed by atoms with E-state index in [1.54, 1.807) is 0 Å². The first-order valence-electron chi connectivity index (χ1n) is 31.9. The first-order chi connectivity index (χ1) is 34.4. The van der Waals surface area contributed by atoms with Crippen molar-refractivity contribution in [2.24, 2.45) is 5.92 Å². The average Bonchev–Trinajstić information content (AvgIpc) is 3.35. The lowest BCUT2D eigenvalue weighted by Crippen LogP contribution is -2.30. The SMILES string of the molecule is CCCCCCCCCCCCCCCCCCCCCC(=O)OC[C@H](COC(=O)CCCCCCCCCCCCCCCC)OC(=O)CCCCCCCCCCCCCCCCCCC(C)C. The van der Waals surface area contributed by atoms with Crippen LogP contribution in [-0.2, 0) is 28.6 Å². The van der Waals surface area contributed by atoms with Crippen molar-refractivity contribution < 1.29 is 28.6 Å². The molecule has 6 heteroatoms. The highest BCUT2D eigenvalue weighted by Crippen LogP contribution is 2.19. The molecule has 6 nitrogen and oxygen atoms in total. The van der Waals surface area contributed by atoms with Gasteiger partial charge in [0.05, 0.1) is 0 Å². The molecule has 0 aliphatic heterocycles. The van der Waals surface area contributed by atoms with Crippen LogP contribution in [0.4, 0.5) is 0 Å². The average molecular weight is 990 g/mol. The minimum Gasteiger partial charge on any atom is -0.462 e. The van der Waals surface area contributed by atoms with Gasteiger partial charge in [-0.2, -0.15) is 0 Å². The summed E-state index contributed by atoms with van der Waals surface area (Å²) >= 11 is 0. The Morgan fingerprint density at radius 3 is 0.700 bits per heavy atom. The summed E-state index contributed by atoms with van der Waals surface area (Å²) in [5.74, 6) is 0.0242. The Balaban J connectivity index is 4.27. The van der Waals surface area contributed by atoms with Crippen molar-refractivity contribution in [3.63, 3.8) is 0 Å². The van der Waals surface area contributed by atoms with E-state index in [1.165, 1.54) is 263 Å². The van der Waals surface area contributed by atoms with Crippen molar-refractivity contribution in [1.82, 2.24) is 0 Å². The van der Waals surface area contributed by atoms with E-state index in [9.17, 15) is 14.4 Å². The summed E-state index contributed by atoms with van der Waals surface area (Å²) in [5.41, 5.74) is 0. The number of hydrogen-bond acceptors (Lipinski definition) is 6. The zero-order valence-electron chi connectivity index (χ0n) is 48.0. The highest BCUT2D eigenvalue weighted by molar-refractivity contribution is 5.71. The lowest BCUT2D eigenvalue weighted by molar-refractivity contribution is -0.167. The van der Waals surface area contributed by atoms with E-state index in [-0.39, 0.29) is 31.1 Å². The molecule has 1 atom stereocenters. The fraction of sp³-hybridized carbons (Fsp3) is 0.953. The van der Waals surface area contributed by atoms with Gasteiger partial charge in [0, 0.05) is 19.3 Å². The molecule has 0 heterocycles. The minimum atomic E-state index is -0.763. The highest BCUT2D eigenvalue weighted by Gasteiger charge is 2.19. The Morgan fingerprint density at radius 1 is 0.271 bits per heavy atom. The molecule has 0 aromatic carbocycles. The largest absolute Gasteiger partial charge is 0.462 e. The second-order valence-electron chi connectivity index (χ2n) is 22.5. The van der Waals surface area contributed by atoms with E-state index in [0.29, 0.717) is 19.3 Å². The Hall–Kier alpha value is -1.59. The first kappa shape index (κ1) is 68.4. The molecule has 0 aliphatic carbocycles. The van der Waals surface area contributed by atoms with Gasteiger partial charge in [-0.05, 0) is 25.2 Å². The maximum atomic E-state index is 12.9. The van der Waals surface area contributed by atoms with Gasteiger partial charge in [0.25, 0.3) is 0 Å². The van der Waals surface area contributed by atoms with Crippen LogP contribution in [0.3, 0.4) is 0 Å². The second kappa shape index (κ2) is 58.3. The Kier molecular flexibility index (Phi) is 57.0. The molecule has 0 bridgehead atoms. The van der Waals surface area contributed by atoms with Crippen molar-refractivity contribution in [1.29, 1.82) is 0 Å². The van der Waals surface area contributed by atoms with Crippen molar-refractivity contribution in [3.05, 3.63) is 0 Å². The fourth-order valence-corrected chi connectivity index (χ4v) is 9.99. The molecule has 0 aromatic rings. The van der Waals surface area contributed by atoms with Crippen molar-refractivity contribution >= 4 is 17.9 Å². The van der Waals surface area contributed by atoms with Gasteiger partial charge in [0.2, 0.25) is 0 Å². The Bertz CT molecular complexity index is 1060. The molecular weight excluding hydrogens is 865 g/mol. The number of unbranched alkanes of at least 4 members (excludes halogenated alkanes) is 46. The van der Waals surface area contributed by atoms with E-state index < -0.39 is 6.10 Å². The number of esters is 3. The van der Waals surface area contributed by atoms with Gasteiger partial charge in [-0.15, -0.1) is 0 Å². The molecule has 0 aromatic heterocycles. The summed E-state index contributed by atoms with van der Waals surface area (Å²) in [5, 5.41) is 0. The van der Waals surface area contributed by atoms with Crippen LogP contribution in [-0.4, -0.2) is 37.2 Å². The Labute approximate surface area is 438 Å². The highest BCUT2D eigenvalue weighted by atomic mass is 16.6. The van der Waals surface area contributed by atoms with E-state index in [0.717, 1.165) is 63.7 Å². The summed E-state index contributed by atoms with van der Waals surface area (Å²) in [7, 11) is 0. The summed E-state index contributed by atoms with van der Waals surface area (Å²) in [6.07, 6.45) is 65.3. The van der Waals surface area contributed by atoms with Crippen LogP contribution >= 0.6 is 0 Å². The second-order valence-corrected chi connectivity index (χ2v) is 22.5. The molecule has 0 N–H and O–H groups in total. The number of carbonyl (C=O) groups is 3. The topological polar surface area (TPSA) is 78.9 Å². The van der Waals surface area contributed by atoms with Gasteiger partial charge in [-0.25, -0.2) is 0 Å². The Morgan fingerprint density at radius 2 is 0.471 bits per heavy atom. The molecular formula is C64H124O6. The molecule has 0 amide bonds. The quantitative estimate of drug-likeness (QED) is 0.0343. The van der Waals surface area contributed by atoms with E-state index in [2.05, 4.69) is 27.7 Å². The summed E-state index contributed by atoms with van der Waals surface area (Å²) in [4.78, 5) is 38.3. The molecule has 0 spiro atoms. The summed E-state index contributed by atoms with van der Waals surface area (Å²) in [6.45, 7) is 9.09. The molecule has 0 aliphatic rings. The van der Waals surface area contributed by atoms with Crippen LogP contribution in [0, 0.1) is 5.92 Å². The standard InChI is InChI=1S/C64H124O6/c1-5-7-9-11-13-15-17-19-21-22-23-24-28-32-36-40-44-48-52-56-63(66)69-59-61(58-68-62(65)55-51-47-43-39-35-31-20-18-16-14-12-10-8-6-2)70-64(67)57-53-49-45-41-37-33-29-26-25-27-30-34-38-42-46-50-54-60(3)4/h60-61H,5-59H2,1-4H3/t61-/m0/s1. The van der Waals surface area contributed by atoms with E-state index in [4.69, 9.17) is 14.2 Å². The zero-order chi connectivity index (χ0) is 50.9. The molecule has 416 valence electrons. The minimum absolute atomic E-state index is 0.0611. The normalized spacial score (nSPS) is 12.0. The molecule has 0 saturated carbocycles. The monoisotopic (exact) mass is 989 g/mol. The van der Waals surface area contributed by atoms with Crippen molar-refractivity contribution in [2.75, 3.05) is 13.2 Å². The third kappa shape index (κ3) is 57.3. The van der Waals surface area contributed by atoms with E-state index in [1.807, 2.05) is 0 Å².